The molecule has 7 nitrogen and oxygen atoms in total. The van der Waals surface area contributed by atoms with Crippen molar-refractivity contribution in [1.82, 2.24) is 0 Å². The molecule has 0 saturated heterocycles. The van der Waals surface area contributed by atoms with Crippen LogP contribution in [-0.4, -0.2) is 33.7 Å². The van der Waals surface area contributed by atoms with Gasteiger partial charge in [0.15, 0.2) is 0 Å². The molecule has 8 heteroatoms. The van der Waals surface area contributed by atoms with Crippen LogP contribution in [0.1, 0.15) is 27.2 Å². The fraction of sp³-hybridized carbons (Fsp3) is 0.261. The van der Waals surface area contributed by atoms with Crippen molar-refractivity contribution in [2.45, 2.75) is 20.5 Å². The van der Waals surface area contributed by atoms with Crippen molar-refractivity contribution in [2.75, 3.05) is 23.7 Å². The molecule has 0 spiro atoms. The Balaban J connectivity index is 1.88. The summed E-state index contributed by atoms with van der Waals surface area (Å²) in [6, 6.07) is 12.7. The van der Waals surface area contributed by atoms with Crippen molar-refractivity contribution >= 4 is 32.6 Å². The number of carbonyl (C=O) groups is 1. The van der Waals surface area contributed by atoms with E-state index in [4.69, 9.17) is 14.9 Å². The number of anilines is 1. The van der Waals surface area contributed by atoms with Gasteiger partial charge in [-0.05, 0) is 36.6 Å². The van der Waals surface area contributed by atoms with Gasteiger partial charge in [0.25, 0.3) is 5.91 Å². The molecule has 3 rings (SSSR count). The number of fused-ring (bicyclic) bond motifs is 1. The number of nitrogens with two attached hydrogens (primary N) is 1. The number of amides is 1. The molecule has 0 fully saturated rings. The number of hydrogen-bond acceptors (Lipinski definition) is 5. The SMILES string of the molecule is C=C(COCc1ccccc1)CN(c1cc2oc(C)c(C)c2cc1C(N)=O)S(C)(=O)=O. The summed E-state index contributed by atoms with van der Waals surface area (Å²) in [6.07, 6.45) is 1.07. The van der Waals surface area contributed by atoms with E-state index in [2.05, 4.69) is 6.58 Å². The molecular formula is C23H26N2O5S. The monoisotopic (exact) mass is 442 g/mol. The number of sulfonamides is 1. The van der Waals surface area contributed by atoms with Crippen LogP contribution in [0.2, 0.25) is 0 Å². The van der Waals surface area contributed by atoms with Crippen molar-refractivity contribution in [3.8, 4) is 0 Å². The molecule has 0 saturated carbocycles. The zero-order valence-corrected chi connectivity index (χ0v) is 18.7. The average molecular weight is 443 g/mol. The van der Waals surface area contributed by atoms with Crippen LogP contribution < -0.4 is 10.0 Å². The van der Waals surface area contributed by atoms with Crippen LogP contribution in [0.4, 0.5) is 5.69 Å². The predicted octanol–water partition coefficient (Wildman–Crippen LogP) is 3.69. The smallest absolute Gasteiger partial charge is 0.250 e. The normalized spacial score (nSPS) is 11.6. The predicted molar refractivity (Wildman–Crippen MR) is 122 cm³/mol. The van der Waals surface area contributed by atoms with E-state index in [0.717, 1.165) is 21.7 Å². The third-order valence-corrected chi connectivity index (χ3v) is 6.14. The number of benzene rings is 2. The van der Waals surface area contributed by atoms with Crippen LogP contribution in [0.5, 0.6) is 0 Å². The summed E-state index contributed by atoms with van der Waals surface area (Å²) in [5.74, 6) is -0.0399. The van der Waals surface area contributed by atoms with Gasteiger partial charge in [-0.2, -0.15) is 0 Å². The van der Waals surface area contributed by atoms with Crippen molar-refractivity contribution in [3.63, 3.8) is 0 Å². The molecule has 1 amide bonds. The number of ether oxygens (including phenoxy) is 1. The molecule has 0 aliphatic heterocycles. The van der Waals surface area contributed by atoms with E-state index in [1.54, 1.807) is 13.0 Å². The summed E-state index contributed by atoms with van der Waals surface area (Å²) in [6.45, 7) is 8.10. The molecule has 0 bridgehead atoms. The highest BCUT2D eigenvalue weighted by molar-refractivity contribution is 7.92. The first-order valence-electron chi connectivity index (χ1n) is 9.67. The summed E-state index contributed by atoms with van der Waals surface area (Å²) in [5, 5.41) is 0.716. The van der Waals surface area contributed by atoms with Crippen LogP contribution in [0, 0.1) is 13.8 Å². The average Bonchev–Trinajstić information content (AvgIpc) is 2.98. The molecule has 1 aromatic heterocycles. The minimum atomic E-state index is -3.75. The number of rotatable bonds is 9. The van der Waals surface area contributed by atoms with E-state index < -0.39 is 15.9 Å². The molecule has 0 atom stereocenters. The molecule has 2 aromatic carbocycles. The summed E-state index contributed by atoms with van der Waals surface area (Å²) in [7, 11) is -3.75. The second-order valence-corrected chi connectivity index (χ2v) is 9.42. The maximum absolute atomic E-state index is 12.6. The fourth-order valence-corrected chi connectivity index (χ4v) is 4.22. The van der Waals surface area contributed by atoms with Crippen LogP contribution in [0.3, 0.4) is 0 Å². The Morgan fingerprint density at radius 1 is 1.19 bits per heavy atom. The summed E-state index contributed by atoms with van der Waals surface area (Å²) >= 11 is 0. The van der Waals surface area contributed by atoms with Gasteiger partial charge in [0.1, 0.15) is 11.3 Å². The first kappa shape index (κ1) is 22.6. The first-order chi connectivity index (χ1) is 14.6. The molecule has 164 valence electrons. The number of carbonyl (C=O) groups excluding carboxylic acids is 1. The molecule has 1 heterocycles. The van der Waals surface area contributed by atoms with Gasteiger partial charge in [-0.1, -0.05) is 36.9 Å². The highest BCUT2D eigenvalue weighted by Gasteiger charge is 2.25. The third kappa shape index (κ3) is 5.15. The van der Waals surface area contributed by atoms with E-state index in [0.29, 0.717) is 28.9 Å². The topological polar surface area (TPSA) is 103 Å². The molecule has 31 heavy (non-hydrogen) atoms. The Morgan fingerprint density at radius 3 is 2.48 bits per heavy atom. The lowest BCUT2D eigenvalue weighted by Gasteiger charge is -2.25. The summed E-state index contributed by atoms with van der Waals surface area (Å²) in [4.78, 5) is 12.2. The van der Waals surface area contributed by atoms with Gasteiger partial charge in [0.05, 0.1) is 37.3 Å². The molecule has 0 aliphatic rings. The lowest BCUT2D eigenvalue weighted by atomic mass is 10.1. The minimum absolute atomic E-state index is 0.0575. The van der Waals surface area contributed by atoms with Gasteiger partial charge in [-0.15, -0.1) is 0 Å². The number of hydrogen-bond donors (Lipinski definition) is 1. The molecule has 0 radical (unpaired) electrons. The minimum Gasteiger partial charge on any atom is -0.461 e. The summed E-state index contributed by atoms with van der Waals surface area (Å²) < 4.78 is 37.7. The van der Waals surface area contributed by atoms with Crippen molar-refractivity contribution in [1.29, 1.82) is 0 Å². The summed E-state index contributed by atoms with van der Waals surface area (Å²) in [5.41, 5.74) is 8.71. The van der Waals surface area contributed by atoms with Gasteiger partial charge in [0.2, 0.25) is 10.0 Å². The largest absolute Gasteiger partial charge is 0.461 e. The number of furan rings is 1. The highest BCUT2D eigenvalue weighted by atomic mass is 32.2. The molecule has 0 aliphatic carbocycles. The van der Waals surface area contributed by atoms with Crippen molar-refractivity contribution in [3.05, 3.63) is 77.1 Å². The first-order valence-corrected chi connectivity index (χ1v) is 11.5. The van der Waals surface area contributed by atoms with Crippen LogP contribution >= 0.6 is 0 Å². The molecule has 2 N–H and O–H groups in total. The van der Waals surface area contributed by atoms with Crippen molar-refractivity contribution < 1.29 is 22.4 Å². The Morgan fingerprint density at radius 2 is 1.87 bits per heavy atom. The maximum Gasteiger partial charge on any atom is 0.250 e. The van der Waals surface area contributed by atoms with E-state index >= 15 is 0 Å². The second-order valence-electron chi connectivity index (χ2n) is 7.51. The zero-order valence-electron chi connectivity index (χ0n) is 17.8. The Hall–Kier alpha value is -3.10. The lowest BCUT2D eigenvalue weighted by Crippen LogP contribution is -2.34. The third-order valence-electron chi connectivity index (χ3n) is 5.01. The lowest BCUT2D eigenvalue weighted by molar-refractivity contribution is 0.100. The number of primary amides is 1. The zero-order chi connectivity index (χ0) is 22.8. The van der Waals surface area contributed by atoms with E-state index in [-0.39, 0.29) is 24.4 Å². The second kappa shape index (κ2) is 8.95. The van der Waals surface area contributed by atoms with Crippen molar-refractivity contribution in [2.24, 2.45) is 5.73 Å². The van der Waals surface area contributed by atoms with Gasteiger partial charge in [-0.25, -0.2) is 8.42 Å². The number of nitrogens with zero attached hydrogens (tertiary/aromatic N) is 1. The number of aryl methyl sites for hydroxylation is 2. The van der Waals surface area contributed by atoms with Gasteiger partial charge >= 0.3 is 0 Å². The van der Waals surface area contributed by atoms with Gasteiger partial charge in [0, 0.05) is 11.5 Å². The Labute approximate surface area is 182 Å². The van der Waals surface area contributed by atoms with Crippen LogP contribution in [0.25, 0.3) is 11.0 Å². The molecular weight excluding hydrogens is 416 g/mol. The molecule has 3 aromatic rings. The Kier molecular flexibility index (Phi) is 6.52. The van der Waals surface area contributed by atoms with Crippen LogP contribution in [0.15, 0.2) is 59.0 Å². The fourth-order valence-electron chi connectivity index (χ4n) is 3.30. The van der Waals surface area contributed by atoms with Gasteiger partial charge < -0.3 is 14.9 Å². The van der Waals surface area contributed by atoms with Crippen LogP contribution in [-0.2, 0) is 21.4 Å². The maximum atomic E-state index is 12.6. The van der Waals surface area contributed by atoms with Gasteiger partial charge in [-0.3, -0.25) is 9.10 Å². The Bertz CT molecular complexity index is 1230. The highest BCUT2D eigenvalue weighted by Crippen LogP contribution is 2.33. The quantitative estimate of drug-likeness (QED) is 0.509. The molecule has 0 unspecified atom stereocenters. The van der Waals surface area contributed by atoms with E-state index in [9.17, 15) is 13.2 Å². The van der Waals surface area contributed by atoms with E-state index in [1.807, 2.05) is 37.3 Å². The van der Waals surface area contributed by atoms with E-state index in [1.165, 1.54) is 6.07 Å². The standard InChI is InChI=1S/C23H26N2O5S/c1-15(13-29-14-18-8-6-5-7-9-18)12-25(31(4,27)28)21-11-22-19(10-20(21)23(24)26)16(2)17(3)30-22/h5-11H,1,12-14H2,2-4H3,(H2,24,26).